The van der Waals surface area contributed by atoms with Crippen LogP contribution in [0.3, 0.4) is 0 Å². The van der Waals surface area contributed by atoms with Gasteiger partial charge in [-0.1, -0.05) is 24.3 Å². The Balaban J connectivity index is 1.81. The van der Waals surface area contributed by atoms with Crippen LogP contribution in [-0.4, -0.2) is 30.5 Å². The minimum absolute atomic E-state index is 0.0906. The first kappa shape index (κ1) is 20.2. The number of nitrogens with zero attached hydrogens (tertiary/aromatic N) is 1. The van der Waals surface area contributed by atoms with Crippen LogP contribution in [0.5, 0.6) is 5.75 Å². The van der Waals surface area contributed by atoms with Crippen molar-refractivity contribution in [3.63, 3.8) is 0 Å². The monoisotopic (exact) mass is 377 g/mol. The van der Waals surface area contributed by atoms with E-state index in [1.807, 2.05) is 32.0 Å². The smallest absolute Gasteiger partial charge is 0.336 e. The number of hydrazine groups is 1. The van der Waals surface area contributed by atoms with E-state index in [2.05, 4.69) is 10.9 Å². The molecule has 0 aliphatic heterocycles. The van der Waals surface area contributed by atoms with Crippen molar-refractivity contribution in [2.24, 2.45) is 0 Å². The predicted octanol–water partition coefficient (Wildman–Crippen LogP) is 2.83. The van der Waals surface area contributed by atoms with Crippen LogP contribution in [0.15, 0.2) is 36.4 Å². The lowest BCUT2D eigenvalue weighted by Gasteiger charge is -2.19. The Morgan fingerprint density at radius 1 is 1.07 bits per heavy atom. The van der Waals surface area contributed by atoms with Gasteiger partial charge in [0.25, 0.3) is 5.91 Å². The quantitative estimate of drug-likeness (QED) is 0.788. The van der Waals surface area contributed by atoms with Crippen molar-refractivity contribution >= 4 is 11.9 Å². The molecule has 2 aromatic rings. The molecule has 144 valence electrons. The van der Waals surface area contributed by atoms with E-state index in [-0.39, 0.29) is 18.7 Å². The van der Waals surface area contributed by atoms with Gasteiger partial charge >= 0.3 is 6.03 Å². The first-order valence-electron chi connectivity index (χ1n) is 8.21. The summed E-state index contributed by atoms with van der Waals surface area (Å²) >= 11 is 0. The number of halogens is 2. The number of benzene rings is 2. The SMILES string of the molecule is Cc1cccc(C)c1OCC(=O)NNC(=O)N(C)Cc1ccc(F)cc1F. The first-order chi connectivity index (χ1) is 12.8. The van der Waals surface area contributed by atoms with Crippen LogP contribution in [0.4, 0.5) is 13.6 Å². The molecule has 0 spiro atoms. The number of ether oxygens (including phenoxy) is 1. The summed E-state index contributed by atoms with van der Waals surface area (Å²) in [4.78, 5) is 25.0. The second-order valence-corrected chi connectivity index (χ2v) is 6.08. The number of hydrogen-bond acceptors (Lipinski definition) is 3. The molecule has 0 atom stereocenters. The summed E-state index contributed by atoms with van der Waals surface area (Å²) in [7, 11) is 1.41. The highest BCUT2D eigenvalue weighted by Crippen LogP contribution is 2.21. The molecule has 2 N–H and O–H groups in total. The van der Waals surface area contributed by atoms with Crippen LogP contribution in [0.2, 0.25) is 0 Å². The summed E-state index contributed by atoms with van der Waals surface area (Å²) in [5, 5.41) is 0. The summed E-state index contributed by atoms with van der Waals surface area (Å²) in [5.41, 5.74) is 6.38. The van der Waals surface area contributed by atoms with E-state index in [1.54, 1.807) is 0 Å². The molecule has 0 fully saturated rings. The Labute approximate surface area is 156 Å². The maximum absolute atomic E-state index is 13.6. The van der Waals surface area contributed by atoms with E-state index < -0.39 is 23.6 Å². The Morgan fingerprint density at radius 3 is 2.37 bits per heavy atom. The summed E-state index contributed by atoms with van der Waals surface area (Å²) in [6, 6.07) is 8.07. The van der Waals surface area contributed by atoms with Crippen molar-refractivity contribution in [1.29, 1.82) is 0 Å². The molecule has 0 bridgehead atoms. The highest BCUT2D eigenvalue weighted by molar-refractivity contribution is 5.82. The largest absolute Gasteiger partial charge is 0.483 e. The average Bonchev–Trinajstić information content (AvgIpc) is 2.61. The summed E-state index contributed by atoms with van der Waals surface area (Å²) in [6.07, 6.45) is 0. The minimum Gasteiger partial charge on any atom is -0.483 e. The lowest BCUT2D eigenvalue weighted by molar-refractivity contribution is -0.123. The topological polar surface area (TPSA) is 70.7 Å². The van der Waals surface area contributed by atoms with Crippen molar-refractivity contribution in [2.45, 2.75) is 20.4 Å². The lowest BCUT2D eigenvalue weighted by atomic mass is 10.1. The number of nitrogens with one attached hydrogen (secondary N) is 2. The maximum atomic E-state index is 13.6. The van der Waals surface area contributed by atoms with Gasteiger partial charge in [0.1, 0.15) is 17.4 Å². The fraction of sp³-hybridized carbons (Fsp3) is 0.263. The molecule has 8 heteroatoms. The normalized spacial score (nSPS) is 10.3. The molecule has 3 amide bonds. The van der Waals surface area contributed by atoms with Crippen LogP contribution < -0.4 is 15.6 Å². The highest BCUT2D eigenvalue weighted by atomic mass is 19.1. The Morgan fingerprint density at radius 2 is 1.74 bits per heavy atom. The number of amides is 3. The molecule has 27 heavy (non-hydrogen) atoms. The molecular weight excluding hydrogens is 356 g/mol. The molecule has 0 unspecified atom stereocenters. The standard InChI is InChI=1S/C19H21F2N3O3/c1-12-5-4-6-13(2)18(12)27-11-17(25)22-23-19(26)24(3)10-14-7-8-15(20)9-16(14)21/h4-9H,10-11H2,1-3H3,(H,22,25)(H,23,26). The van der Waals surface area contributed by atoms with Crippen molar-refractivity contribution in [1.82, 2.24) is 15.8 Å². The van der Waals surface area contributed by atoms with E-state index in [0.717, 1.165) is 28.2 Å². The van der Waals surface area contributed by atoms with Crippen LogP contribution in [0.1, 0.15) is 16.7 Å². The molecule has 0 aromatic heterocycles. The number of hydrogen-bond donors (Lipinski definition) is 2. The van der Waals surface area contributed by atoms with E-state index in [1.165, 1.54) is 13.1 Å². The fourth-order valence-electron chi connectivity index (χ4n) is 2.40. The fourth-order valence-corrected chi connectivity index (χ4v) is 2.40. The van der Waals surface area contributed by atoms with Gasteiger partial charge in [-0.25, -0.2) is 19.0 Å². The van der Waals surface area contributed by atoms with Gasteiger partial charge in [-0.3, -0.25) is 10.2 Å². The lowest BCUT2D eigenvalue weighted by Crippen LogP contribution is -2.48. The van der Waals surface area contributed by atoms with Crippen molar-refractivity contribution in [2.75, 3.05) is 13.7 Å². The molecule has 0 aliphatic carbocycles. The third kappa shape index (κ3) is 5.67. The molecule has 0 saturated carbocycles. The maximum Gasteiger partial charge on any atom is 0.336 e. The van der Waals surface area contributed by atoms with Crippen molar-refractivity contribution < 1.29 is 23.1 Å². The molecule has 0 aliphatic rings. The van der Waals surface area contributed by atoms with Crippen LogP contribution in [-0.2, 0) is 11.3 Å². The molecule has 0 radical (unpaired) electrons. The molecule has 6 nitrogen and oxygen atoms in total. The highest BCUT2D eigenvalue weighted by Gasteiger charge is 2.13. The van der Waals surface area contributed by atoms with Gasteiger partial charge in [-0.2, -0.15) is 0 Å². The Kier molecular flexibility index (Phi) is 6.70. The molecule has 0 saturated heterocycles. The van der Waals surface area contributed by atoms with Gasteiger partial charge in [0.15, 0.2) is 6.61 Å². The van der Waals surface area contributed by atoms with Crippen molar-refractivity contribution in [3.8, 4) is 5.75 Å². The van der Waals surface area contributed by atoms with Gasteiger partial charge in [0.05, 0.1) is 6.54 Å². The minimum atomic E-state index is -0.749. The van der Waals surface area contributed by atoms with Gasteiger partial charge in [-0.15, -0.1) is 0 Å². The second-order valence-electron chi connectivity index (χ2n) is 6.08. The van der Waals surface area contributed by atoms with E-state index >= 15 is 0 Å². The zero-order chi connectivity index (χ0) is 20.0. The Bertz CT molecular complexity index is 823. The predicted molar refractivity (Wildman–Crippen MR) is 95.9 cm³/mol. The molecule has 0 heterocycles. The molecule has 2 aromatic carbocycles. The van der Waals surface area contributed by atoms with E-state index in [0.29, 0.717) is 5.75 Å². The van der Waals surface area contributed by atoms with Crippen LogP contribution >= 0.6 is 0 Å². The summed E-state index contributed by atoms with van der Waals surface area (Å²) < 4.78 is 32.0. The zero-order valence-corrected chi connectivity index (χ0v) is 15.3. The number of rotatable bonds is 5. The number of carbonyl (C=O) groups is 2. The van der Waals surface area contributed by atoms with Crippen molar-refractivity contribution in [3.05, 3.63) is 64.7 Å². The van der Waals surface area contributed by atoms with Crippen LogP contribution in [0, 0.1) is 25.5 Å². The number of carbonyl (C=O) groups excluding carboxylic acids is 2. The van der Waals surface area contributed by atoms with E-state index in [9.17, 15) is 18.4 Å². The first-order valence-corrected chi connectivity index (χ1v) is 8.21. The molecular formula is C19H21F2N3O3. The Hall–Kier alpha value is -3.16. The zero-order valence-electron chi connectivity index (χ0n) is 15.3. The third-order valence-electron chi connectivity index (χ3n) is 3.83. The van der Waals surface area contributed by atoms with Gasteiger partial charge in [0.2, 0.25) is 0 Å². The van der Waals surface area contributed by atoms with Gasteiger partial charge in [-0.05, 0) is 31.0 Å². The number of aryl methyl sites for hydroxylation is 2. The molecule has 2 rings (SSSR count). The second kappa shape index (κ2) is 8.98. The average molecular weight is 377 g/mol. The third-order valence-corrected chi connectivity index (χ3v) is 3.83. The van der Waals surface area contributed by atoms with E-state index in [4.69, 9.17) is 4.74 Å². The number of para-hydroxylation sites is 1. The van der Waals surface area contributed by atoms with Gasteiger partial charge in [0, 0.05) is 18.7 Å². The summed E-state index contributed by atoms with van der Waals surface area (Å²) in [5.74, 6) is -1.38. The van der Waals surface area contributed by atoms with Gasteiger partial charge < -0.3 is 9.64 Å². The summed E-state index contributed by atoms with van der Waals surface area (Å²) in [6.45, 7) is 3.37. The van der Waals surface area contributed by atoms with Crippen LogP contribution in [0.25, 0.3) is 0 Å². The number of urea groups is 1.